The van der Waals surface area contributed by atoms with Crippen molar-refractivity contribution in [1.82, 2.24) is 24.4 Å². The van der Waals surface area contributed by atoms with Gasteiger partial charge in [-0.25, -0.2) is 9.97 Å². The van der Waals surface area contributed by atoms with Crippen LogP contribution in [-0.2, 0) is 0 Å². The van der Waals surface area contributed by atoms with Gasteiger partial charge in [-0.2, -0.15) is 4.98 Å². The number of piperazine rings is 1. The molecule has 1 aliphatic rings. The highest BCUT2D eigenvalue weighted by Gasteiger charge is 2.14. The molecule has 0 unspecified atom stereocenters. The van der Waals surface area contributed by atoms with Gasteiger partial charge >= 0.3 is 0 Å². The van der Waals surface area contributed by atoms with Gasteiger partial charge in [0.05, 0.1) is 5.39 Å². The van der Waals surface area contributed by atoms with E-state index in [0.717, 1.165) is 48.6 Å². The fraction of sp³-hybridized carbons (Fsp3) is 0.208. The molecule has 5 rings (SSSR count). The van der Waals surface area contributed by atoms with Crippen LogP contribution in [0.25, 0.3) is 16.9 Å². The Hall–Kier alpha value is -3.89. The number of nitrogens with zero attached hydrogens (tertiary/aromatic N) is 6. The van der Waals surface area contributed by atoms with Gasteiger partial charge in [0.1, 0.15) is 5.82 Å². The normalized spacial score (nSPS) is 14.5. The van der Waals surface area contributed by atoms with Gasteiger partial charge in [0.2, 0.25) is 5.95 Å². The monoisotopic (exact) mass is 409 g/mol. The minimum atomic E-state index is 0.486. The largest absolute Gasteiger partial charge is 0.369 e. The lowest BCUT2D eigenvalue weighted by atomic mass is 10.2. The van der Waals surface area contributed by atoms with E-state index in [4.69, 9.17) is 6.42 Å². The Labute approximate surface area is 181 Å². The van der Waals surface area contributed by atoms with Gasteiger partial charge < -0.3 is 19.7 Å². The van der Waals surface area contributed by atoms with Crippen LogP contribution in [0.1, 0.15) is 5.56 Å². The molecule has 0 saturated carbocycles. The Bertz CT molecular complexity index is 1230. The lowest BCUT2D eigenvalue weighted by molar-refractivity contribution is 0.313. The number of fused-ring (bicyclic) bond motifs is 1. The van der Waals surface area contributed by atoms with Crippen LogP contribution in [0.2, 0.25) is 0 Å². The average Bonchev–Trinajstić information content (AvgIpc) is 3.34. The third-order valence-electron chi connectivity index (χ3n) is 5.57. The van der Waals surface area contributed by atoms with Crippen LogP contribution in [0.3, 0.4) is 0 Å². The first-order chi connectivity index (χ1) is 15.2. The maximum absolute atomic E-state index is 5.72. The summed E-state index contributed by atoms with van der Waals surface area (Å²) in [5.41, 5.74) is 3.44. The van der Waals surface area contributed by atoms with Crippen LogP contribution in [0, 0.1) is 12.3 Å². The van der Waals surface area contributed by atoms with E-state index in [9.17, 15) is 0 Å². The van der Waals surface area contributed by atoms with Gasteiger partial charge in [0, 0.05) is 61.7 Å². The summed E-state index contributed by atoms with van der Waals surface area (Å²) in [6.45, 7) is 4.26. The minimum Gasteiger partial charge on any atom is -0.369 e. The van der Waals surface area contributed by atoms with Crippen molar-refractivity contribution in [1.29, 1.82) is 0 Å². The topological polar surface area (TPSA) is 62.1 Å². The summed E-state index contributed by atoms with van der Waals surface area (Å²) in [6.07, 6.45) is 11.3. The summed E-state index contributed by atoms with van der Waals surface area (Å²) < 4.78 is 1.91. The van der Waals surface area contributed by atoms with Crippen LogP contribution in [0.4, 0.5) is 17.3 Å². The Morgan fingerprint density at radius 2 is 1.74 bits per heavy atom. The molecule has 0 spiro atoms. The zero-order chi connectivity index (χ0) is 21.2. The molecule has 154 valence electrons. The molecule has 31 heavy (non-hydrogen) atoms. The quantitative estimate of drug-likeness (QED) is 0.522. The van der Waals surface area contributed by atoms with Gasteiger partial charge in [-0.3, -0.25) is 0 Å². The molecule has 4 aromatic rings. The lowest BCUT2D eigenvalue weighted by Gasteiger charge is -2.34. The molecule has 3 aromatic heterocycles. The average molecular weight is 409 g/mol. The fourth-order valence-electron chi connectivity index (χ4n) is 3.74. The number of hydrogen-bond acceptors (Lipinski definition) is 6. The van der Waals surface area contributed by atoms with Crippen molar-refractivity contribution in [2.75, 3.05) is 43.4 Å². The number of terminal acetylenes is 1. The molecule has 4 heterocycles. The van der Waals surface area contributed by atoms with Crippen molar-refractivity contribution in [2.45, 2.75) is 0 Å². The standard InChI is InChI=1S/C24H23N7/c1-3-18-16-22(31-10-4-5-11-31)27-23-21(18)17-25-24(28-23)26-19-6-8-20(9-7-19)30-14-12-29(2)13-15-30/h1,4-11,16-17H,12-15H2,2H3,(H,25,26,27,28). The van der Waals surface area contributed by atoms with Gasteiger partial charge in [0.15, 0.2) is 5.65 Å². The number of likely N-dealkylation sites (N-methyl/N-ethyl adjacent to an activating group) is 1. The highest BCUT2D eigenvalue weighted by atomic mass is 15.2. The first-order valence-electron chi connectivity index (χ1n) is 10.3. The maximum atomic E-state index is 5.72. The summed E-state index contributed by atoms with van der Waals surface area (Å²) in [6, 6.07) is 14.1. The first kappa shape index (κ1) is 19.1. The van der Waals surface area contributed by atoms with E-state index >= 15 is 0 Å². The molecule has 7 heteroatoms. The Morgan fingerprint density at radius 1 is 1.00 bits per heavy atom. The highest BCUT2D eigenvalue weighted by molar-refractivity contribution is 5.83. The van der Waals surface area contributed by atoms with E-state index in [1.165, 1.54) is 5.69 Å². The van der Waals surface area contributed by atoms with E-state index < -0.39 is 0 Å². The number of pyridine rings is 1. The minimum absolute atomic E-state index is 0.486. The van der Waals surface area contributed by atoms with E-state index in [0.29, 0.717) is 11.6 Å². The van der Waals surface area contributed by atoms with Crippen LogP contribution >= 0.6 is 0 Å². The molecule has 0 aliphatic carbocycles. The molecule has 0 amide bonds. The number of hydrogen-bond donors (Lipinski definition) is 1. The first-order valence-corrected chi connectivity index (χ1v) is 10.3. The molecular formula is C24H23N7. The van der Waals surface area contributed by atoms with Crippen molar-refractivity contribution in [3.05, 3.63) is 66.6 Å². The van der Waals surface area contributed by atoms with Crippen LogP contribution in [-0.4, -0.2) is 57.6 Å². The van der Waals surface area contributed by atoms with E-state index in [-0.39, 0.29) is 0 Å². The van der Waals surface area contributed by atoms with Gasteiger partial charge in [-0.15, -0.1) is 6.42 Å². The van der Waals surface area contributed by atoms with Gasteiger partial charge in [0.25, 0.3) is 0 Å². The van der Waals surface area contributed by atoms with Crippen molar-refractivity contribution >= 4 is 28.4 Å². The summed E-state index contributed by atoms with van der Waals surface area (Å²) in [4.78, 5) is 18.5. The lowest BCUT2D eigenvalue weighted by Crippen LogP contribution is -2.44. The number of nitrogens with one attached hydrogen (secondary N) is 1. The molecule has 0 atom stereocenters. The summed E-state index contributed by atoms with van der Waals surface area (Å²) in [5, 5.41) is 4.04. The Morgan fingerprint density at radius 3 is 2.45 bits per heavy atom. The van der Waals surface area contributed by atoms with E-state index in [1.807, 2.05) is 35.2 Å². The summed E-state index contributed by atoms with van der Waals surface area (Å²) in [5.74, 6) is 3.93. The number of rotatable bonds is 4. The molecule has 1 aromatic carbocycles. The highest BCUT2D eigenvalue weighted by Crippen LogP contribution is 2.23. The third kappa shape index (κ3) is 3.93. The second-order valence-electron chi connectivity index (χ2n) is 7.66. The van der Waals surface area contributed by atoms with Crippen molar-refractivity contribution in [2.24, 2.45) is 0 Å². The predicted molar refractivity (Wildman–Crippen MR) is 124 cm³/mol. The van der Waals surface area contributed by atoms with Crippen molar-refractivity contribution in [3.8, 4) is 18.2 Å². The second-order valence-corrected chi connectivity index (χ2v) is 7.66. The summed E-state index contributed by atoms with van der Waals surface area (Å²) >= 11 is 0. The van der Waals surface area contributed by atoms with Gasteiger partial charge in [-0.05, 0) is 49.5 Å². The van der Waals surface area contributed by atoms with Crippen LogP contribution in [0.15, 0.2) is 61.1 Å². The second kappa shape index (κ2) is 8.09. The number of anilines is 3. The van der Waals surface area contributed by atoms with Crippen LogP contribution in [0.5, 0.6) is 0 Å². The smallest absolute Gasteiger partial charge is 0.229 e. The molecule has 1 N–H and O–H groups in total. The molecule has 0 bridgehead atoms. The molecule has 0 radical (unpaired) electrons. The summed E-state index contributed by atoms with van der Waals surface area (Å²) in [7, 11) is 2.16. The predicted octanol–water partition coefficient (Wildman–Crippen LogP) is 3.29. The molecule has 1 aliphatic heterocycles. The van der Waals surface area contributed by atoms with Crippen molar-refractivity contribution in [3.63, 3.8) is 0 Å². The van der Waals surface area contributed by atoms with Crippen LogP contribution < -0.4 is 10.2 Å². The SMILES string of the molecule is C#Cc1cc(-n2cccc2)nc2nc(Nc3ccc(N4CCN(C)CC4)cc3)ncc12. The van der Waals surface area contributed by atoms with E-state index in [1.54, 1.807) is 6.20 Å². The van der Waals surface area contributed by atoms with Crippen molar-refractivity contribution < 1.29 is 0 Å². The molecule has 1 saturated heterocycles. The zero-order valence-corrected chi connectivity index (χ0v) is 17.4. The zero-order valence-electron chi connectivity index (χ0n) is 17.4. The molecule has 1 fully saturated rings. The molecular weight excluding hydrogens is 386 g/mol. The Balaban J connectivity index is 1.40. The Kier molecular flexibility index (Phi) is 4.98. The molecule has 7 nitrogen and oxygen atoms in total. The number of benzene rings is 1. The van der Waals surface area contributed by atoms with Gasteiger partial charge in [-0.1, -0.05) is 5.92 Å². The third-order valence-corrected chi connectivity index (χ3v) is 5.57. The van der Waals surface area contributed by atoms with E-state index in [2.05, 4.69) is 67.3 Å². The number of aromatic nitrogens is 4. The fourth-order valence-corrected chi connectivity index (χ4v) is 3.74. The maximum Gasteiger partial charge on any atom is 0.229 e.